The van der Waals surface area contributed by atoms with E-state index in [4.69, 9.17) is 18.9 Å². The summed E-state index contributed by atoms with van der Waals surface area (Å²) < 4.78 is 21.6. The fourth-order valence-electron chi connectivity index (χ4n) is 3.51. The average molecular weight is 576 g/mol. The summed E-state index contributed by atoms with van der Waals surface area (Å²) in [7, 11) is 0. The van der Waals surface area contributed by atoms with Crippen molar-refractivity contribution in [3.63, 3.8) is 0 Å². The van der Waals surface area contributed by atoms with E-state index >= 15 is 0 Å². The molecule has 0 saturated heterocycles. The Hall–Kier alpha value is -4.66. The molecule has 0 aliphatic heterocycles. The number of allylic oxidation sites excluding steroid dienone is 2. The summed E-state index contributed by atoms with van der Waals surface area (Å²) in [6, 6.07) is 12.6. The molecular formula is C33H37NO8. The topological polar surface area (TPSA) is 117 Å². The van der Waals surface area contributed by atoms with Gasteiger partial charge in [-0.1, -0.05) is 33.4 Å². The standard InChI is InChI=1S/C33H37NO8/c1-22(2)29(35)40-21-7-6-20-39-26-14-10-24(11-15-26)31(37)42-28-18-16-27(17-19-28)41-30(36)23-8-12-25(13-9-23)34-32(38)33(3,4)5/h8-10,12-19,24H,1,6-7,11,20-21H2,2-5H3,(H,34,38). The molecular weight excluding hydrogens is 538 g/mol. The Labute approximate surface area is 246 Å². The first-order chi connectivity index (χ1) is 19.9. The second-order valence-electron chi connectivity index (χ2n) is 10.8. The molecule has 1 atom stereocenters. The normalized spacial score (nSPS) is 14.3. The molecule has 0 radical (unpaired) electrons. The van der Waals surface area contributed by atoms with Gasteiger partial charge >= 0.3 is 17.9 Å². The van der Waals surface area contributed by atoms with E-state index in [0.29, 0.717) is 60.1 Å². The van der Waals surface area contributed by atoms with E-state index in [1.54, 1.807) is 67.6 Å². The van der Waals surface area contributed by atoms with Crippen LogP contribution in [0.4, 0.5) is 5.69 Å². The molecule has 3 rings (SSSR count). The third kappa shape index (κ3) is 10.1. The van der Waals surface area contributed by atoms with Gasteiger partial charge in [0.2, 0.25) is 5.91 Å². The second-order valence-corrected chi connectivity index (χ2v) is 10.8. The molecule has 1 aliphatic carbocycles. The van der Waals surface area contributed by atoms with Crippen LogP contribution in [0.1, 0.15) is 57.3 Å². The quantitative estimate of drug-likeness (QED) is 0.138. The van der Waals surface area contributed by atoms with E-state index in [-0.39, 0.29) is 5.91 Å². The van der Waals surface area contributed by atoms with Gasteiger partial charge in [-0.25, -0.2) is 9.59 Å². The fraction of sp³-hybridized carbons (Fsp3) is 0.333. The Morgan fingerprint density at radius 1 is 0.905 bits per heavy atom. The lowest BCUT2D eigenvalue weighted by molar-refractivity contribution is -0.139. The number of carbonyl (C=O) groups excluding carboxylic acids is 4. The van der Waals surface area contributed by atoms with E-state index in [9.17, 15) is 19.2 Å². The van der Waals surface area contributed by atoms with Crippen LogP contribution in [-0.2, 0) is 23.9 Å². The van der Waals surface area contributed by atoms with Gasteiger partial charge in [-0.3, -0.25) is 9.59 Å². The van der Waals surface area contributed by atoms with Crippen molar-refractivity contribution in [2.24, 2.45) is 11.3 Å². The summed E-state index contributed by atoms with van der Waals surface area (Å²) in [5.74, 6) is -0.653. The van der Waals surface area contributed by atoms with Crippen LogP contribution >= 0.6 is 0 Å². The van der Waals surface area contributed by atoms with Crippen LogP contribution in [0.15, 0.2) is 84.7 Å². The van der Waals surface area contributed by atoms with Crippen molar-refractivity contribution in [2.45, 2.75) is 47.0 Å². The van der Waals surface area contributed by atoms with Gasteiger partial charge in [0.15, 0.2) is 0 Å². The number of benzene rings is 2. The highest BCUT2D eigenvalue weighted by Gasteiger charge is 2.22. The number of rotatable bonds is 12. The van der Waals surface area contributed by atoms with E-state index in [1.165, 1.54) is 0 Å². The summed E-state index contributed by atoms with van der Waals surface area (Å²) in [4.78, 5) is 48.6. The van der Waals surface area contributed by atoms with Crippen LogP contribution in [0.25, 0.3) is 0 Å². The zero-order valence-electron chi connectivity index (χ0n) is 24.4. The van der Waals surface area contributed by atoms with Gasteiger partial charge in [0.05, 0.1) is 24.7 Å². The minimum atomic E-state index is -0.559. The van der Waals surface area contributed by atoms with Gasteiger partial charge in [-0.05, 0) is 86.9 Å². The van der Waals surface area contributed by atoms with Gasteiger partial charge < -0.3 is 24.3 Å². The highest BCUT2D eigenvalue weighted by Crippen LogP contribution is 2.24. The number of esters is 3. The Morgan fingerprint density at radius 3 is 2.10 bits per heavy atom. The Bertz CT molecular complexity index is 1350. The molecule has 9 heteroatoms. The number of amides is 1. The predicted molar refractivity (Wildman–Crippen MR) is 158 cm³/mol. The van der Waals surface area contributed by atoms with E-state index in [2.05, 4.69) is 11.9 Å². The first-order valence-corrected chi connectivity index (χ1v) is 13.7. The molecule has 0 heterocycles. The van der Waals surface area contributed by atoms with Gasteiger partial charge in [0.1, 0.15) is 17.3 Å². The molecule has 0 aromatic heterocycles. The number of ether oxygens (including phenoxy) is 4. The minimum Gasteiger partial charge on any atom is -0.494 e. The summed E-state index contributed by atoms with van der Waals surface area (Å²) in [5.41, 5.74) is 0.746. The maximum absolute atomic E-state index is 12.6. The Kier molecular flexibility index (Phi) is 11.2. The van der Waals surface area contributed by atoms with Crippen molar-refractivity contribution in [2.75, 3.05) is 18.5 Å². The van der Waals surface area contributed by atoms with Crippen molar-refractivity contribution in [1.29, 1.82) is 0 Å². The van der Waals surface area contributed by atoms with Crippen LogP contribution in [0.2, 0.25) is 0 Å². The number of hydrogen-bond donors (Lipinski definition) is 1. The lowest BCUT2D eigenvalue weighted by atomic mass is 9.95. The van der Waals surface area contributed by atoms with Crippen LogP contribution in [0.3, 0.4) is 0 Å². The third-order valence-corrected chi connectivity index (χ3v) is 6.07. The average Bonchev–Trinajstić information content (AvgIpc) is 2.95. The number of anilines is 1. The molecule has 0 fully saturated rings. The molecule has 1 amide bonds. The largest absolute Gasteiger partial charge is 0.494 e. The van der Waals surface area contributed by atoms with E-state index < -0.39 is 29.2 Å². The highest BCUT2D eigenvalue weighted by atomic mass is 16.5. The molecule has 0 saturated carbocycles. The van der Waals surface area contributed by atoms with Crippen molar-refractivity contribution in [1.82, 2.24) is 0 Å². The van der Waals surface area contributed by atoms with Gasteiger partial charge in [-0.15, -0.1) is 0 Å². The molecule has 0 spiro atoms. The lowest BCUT2D eigenvalue weighted by Gasteiger charge is -2.17. The maximum Gasteiger partial charge on any atom is 0.343 e. The SMILES string of the molecule is C=C(C)C(=O)OCCCCOC1=CCC(C(=O)Oc2ccc(OC(=O)c3ccc(NC(=O)C(C)(C)C)cc3)cc2)C=C1. The van der Waals surface area contributed by atoms with Crippen molar-refractivity contribution in [3.8, 4) is 11.5 Å². The predicted octanol–water partition coefficient (Wildman–Crippen LogP) is 6.17. The molecule has 1 N–H and O–H groups in total. The van der Waals surface area contributed by atoms with Crippen molar-refractivity contribution >= 4 is 29.5 Å². The lowest BCUT2D eigenvalue weighted by Crippen LogP contribution is -2.27. The molecule has 42 heavy (non-hydrogen) atoms. The van der Waals surface area contributed by atoms with Crippen LogP contribution in [0, 0.1) is 11.3 Å². The molecule has 1 aliphatic rings. The van der Waals surface area contributed by atoms with E-state index in [0.717, 1.165) is 6.42 Å². The summed E-state index contributed by atoms with van der Waals surface area (Å²) in [6.45, 7) is 11.4. The molecule has 222 valence electrons. The van der Waals surface area contributed by atoms with Crippen LogP contribution < -0.4 is 14.8 Å². The molecule has 1 unspecified atom stereocenters. The number of unbranched alkanes of at least 4 members (excludes halogenated alkanes) is 1. The zero-order chi connectivity index (χ0) is 30.7. The third-order valence-electron chi connectivity index (χ3n) is 6.07. The molecule has 9 nitrogen and oxygen atoms in total. The van der Waals surface area contributed by atoms with Crippen molar-refractivity contribution < 1.29 is 38.1 Å². The molecule has 0 bridgehead atoms. The summed E-state index contributed by atoms with van der Waals surface area (Å²) >= 11 is 0. The monoisotopic (exact) mass is 575 g/mol. The van der Waals surface area contributed by atoms with Crippen LogP contribution in [-0.4, -0.2) is 37.0 Å². The molecule has 2 aromatic carbocycles. The Morgan fingerprint density at radius 2 is 1.52 bits per heavy atom. The Balaban J connectivity index is 1.39. The second kappa shape index (κ2) is 14.8. The van der Waals surface area contributed by atoms with Gasteiger partial charge in [0.25, 0.3) is 0 Å². The van der Waals surface area contributed by atoms with Crippen LogP contribution in [0.5, 0.6) is 11.5 Å². The summed E-state index contributed by atoms with van der Waals surface area (Å²) in [5, 5.41) is 2.80. The maximum atomic E-state index is 12.6. The van der Waals surface area contributed by atoms with Gasteiger partial charge in [0, 0.05) is 16.7 Å². The van der Waals surface area contributed by atoms with Gasteiger partial charge in [-0.2, -0.15) is 0 Å². The zero-order valence-corrected chi connectivity index (χ0v) is 24.4. The first kappa shape index (κ1) is 31.9. The summed E-state index contributed by atoms with van der Waals surface area (Å²) in [6.07, 6.45) is 7.14. The van der Waals surface area contributed by atoms with Crippen molar-refractivity contribution in [3.05, 3.63) is 90.2 Å². The smallest absolute Gasteiger partial charge is 0.343 e. The van der Waals surface area contributed by atoms with E-state index in [1.807, 2.05) is 26.8 Å². The molecule has 2 aromatic rings. The number of carbonyl (C=O) groups is 4. The number of nitrogens with one attached hydrogen (secondary N) is 1. The number of hydrogen-bond acceptors (Lipinski definition) is 8. The first-order valence-electron chi connectivity index (χ1n) is 13.7. The fourth-order valence-corrected chi connectivity index (χ4v) is 3.51. The highest BCUT2D eigenvalue weighted by molar-refractivity contribution is 5.96. The minimum absolute atomic E-state index is 0.127.